The first kappa shape index (κ1) is 15.0. The standard InChI is InChI=1S/C15H20Cl2O2/c1-14(2)8-13(15(3,4)19-14)18-12-7-5-6-11(17)10(12)9-16/h5-7,13H,8-9H2,1-4H3. The SMILES string of the molecule is CC1(C)CC(Oc2cccc(Cl)c2CCl)C(C)(C)O1. The van der Waals surface area contributed by atoms with Crippen molar-refractivity contribution in [2.75, 3.05) is 0 Å². The van der Waals surface area contributed by atoms with Crippen molar-refractivity contribution in [1.82, 2.24) is 0 Å². The maximum atomic E-state index is 6.15. The molecule has 1 aliphatic rings. The van der Waals surface area contributed by atoms with Crippen LogP contribution in [0.5, 0.6) is 5.75 Å². The third-order valence-corrected chi connectivity index (χ3v) is 4.09. The molecule has 1 aromatic rings. The molecule has 1 aromatic carbocycles. The van der Waals surface area contributed by atoms with Crippen LogP contribution in [-0.2, 0) is 10.6 Å². The van der Waals surface area contributed by atoms with Crippen LogP contribution in [0.25, 0.3) is 0 Å². The van der Waals surface area contributed by atoms with E-state index in [1.807, 2.05) is 18.2 Å². The predicted molar refractivity (Wildman–Crippen MR) is 79.3 cm³/mol. The van der Waals surface area contributed by atoms with E-state index in [0.29, 0.717) is 10.9 Å². The Hall–Kier alpha value is -0.440. The highest BCUT2D eigenvalue weighted by atomic mass is 35.5. The Bertz CT molecular complexity index is 469. The Kier molecular flexibility index (Phi) is 4.06. The largest absolute Gasteiger partial charge is 0.487 e. The summed E-state index contributed by atoms with van der Waals surface area (Å²) in [6, 6.07) is 5.61. The van der Waals surface area contributed by atoms with E-state index in [4.69, 9.17) is 32.7 Å². The minimum atomic E-state index is -0.324. The molecule has 0 radical (unpaired) electrons. The number of benzene rings is 1. The van der Waals surface area contributed by atoms with Crippen molar-refractivity contribution in [3.63, 3.8) is 0 Å². The maximum absolute atomic E-state index is 6.15. The second-order valence-corrected chi connectivity index (χ2v) is 6.80. The topological polar surface area (TPSA) is 18.5 Å². The molecule has 0 spiro atoms. The summed E-state index contributed by atoms with van der Waals surface area (Å²) in [6.07, 6.45) is 0.830. The van der Waals surface area contributed by atoms with Crippen molar-refractivity contribution in [3.8, 4) is 5.75 Å². The highest BCUT2D eigenvalue weighted by molar-refractivity contribution is 6.32. The lowest BCUT2D eigenvalue weighted by Gasteiger charge is -2.28. The normalized spacial score (nSPS) is 24.4. The van der Waals surface area contributed by atoms with Crippen molar-refractivity contribution in [3.05, 3.63) is 28.8 Å². The third-order valence-electron chi connectivity index (χ3n) is 3.47. The highest BCUT2D eigenvalue weighted by Crippen LogP contribution is 2.40. The van der Waals surface area contributed by atoms with Crippen LogP contribution in [0.2, 0.25) is 5.02 Å². The van der Waals surface area contributed by atoms with Gasteiger partial charge >= 0.3 is 0 Å². The molecule has 19 heavy (non-hydrogen) atoms. The van der Waals surface area contributed by atoms with E-state index in [9.17, 15) is 0 Å². The van der Waals surface area contributed by atoms with Crippen molar-refractivity contribution in [2.24, 2.45) is 0 Å². The first-order valence-electron chi connectivity index (χ1n) is 6.45. The maximum Gasteiger partial charge on any atom is 0.130 e. The smallest absolute Gasteiger partial charge is 0.130 e. The van der Waals surface area contributed by atoms with Gasteiger partial charge in [0.2, 0.25) is 0 Å². The molecule has 1 fully saturated rings. The van der Waals surface area contributed by atoms with Crippen molar-refractivity contribution < 1.29 is 9.47 Å². The van der Waals surface area contributed by atoms with E-state index in [2.05, 4.69) is 27.7 Å². The molecule has 2 nitrogen and oxygen atoms in total. The number of hydrogen-bond acceptors (Lipinski definition) is 2. The van der Waals surface area contributed by atoms with E-state index in [1.54, 1.807) is 0 Å². The van der Waals surface area contributed by atoms with Crippen LogP contribution in [0.1, 0.15) is 39.7 Å². The molecule has 0 N–H and O–H groups in total. The first-order chi connectivity index (χ1) is 8.75. The van der Waals surface area contributed by atoms with Gasteiger partial charge in [-0.3, -0.25) is 0 Å². The van der Waals surface area contributed by atoms with E-state index in [0.717, 1.165) is 17.7 Å². The van der Waals surface area contributed by atoms with Gasteiger partial charge < -0.3 is 9.47 Å². The minimum absolute atomic E-state index is 0.0112. The monoisotopic (exact) mass is 302 g/mol. The fourth-order valence-electron chi connectivity index (χ4n) is 2.63. The van der Waals surface area contributed by atoms with E-state index < -0.39 is 0 Å². The molecule has 0 amide bonds. The molecule has 0 aliphatic carbocycles. The highest BCUT2D eigenvalue weighted by Gasteiger charge is 2.47. The molecule has 1 unspecified atom stereocenters. The Labute approximate surface area is 125 Å². The summed E-state index contributed by atoms with van der Waals surface area (Å²) < 4.78 is 12.2. The quantitative estimate of drug-likeness (QED) is 0.746. The third kappa shape index (κ3) is 3.18. The summed E-state index contributed by atoms with van der Waals surface area (Å²) in [5.74, 6) is 1.09. The molecular formula is C15H20Cl2O2. The molecule has 1 aliphatic heterocycles. The number of ether oxygens (including phenoxy) is 2. The van der Waals surface area contributed by atoms with Crippen molar-refractivity contribution in [2.45, 2.75) is 57.3 Å². The lowest BCUT2D eigenvalue weighted by atomic mass is 9.97. The Morgan fingerprint density at radius 3 is 2.53 bits per heavy atom. The molecule has 0 aromatic heterocycles. The summed E-state index contributed by atoms with van der Waals surface area (Å²) in [5, 5.41) is 0.642. The summed E-state index contributed by atoms with van der Waals surface area (Å²) in [6.45, 7) is 8.27. The van der Waals surface area contributed by atoms with Gasteiger partial charge in [0.15, 0.2) is 0 Å². The average molecular weight is 303 g/mol. The van der Waals surface area contributed by atoms with Crippen molar-refractivity contribution in [1.29, 1.82) is 0 Å². The number of alkyl halides is 1. The van der Waals surface area contributed by atoms with Gasteiger partial charge in [0, 0.05) is 17.0 Å². The molecule has 0 bridgehead atoms. The van der Waals surface area contributed by atoms with Gasteiger partial charge in [0.25, 0.3) is 0 Å². The number of hydrogen-bond donors (Lipinski definition) is 0. The van der Waals surface area contributed by atoms with E-state index in [-0.39, 0.29) is 17.3 Å². The lowest BCUT2D eigenvalue weighted by Crippen LogP contribution is -2.36. The van der Waals surface area contributed by atoms with Crippen LogP contribution in [0.4, 0.5) is 0 Å². The zero-order chi connectivity index (χ0) is 14.3. The van der Waals surface area contributed by atoms with E-state index >= 15 is 0 Å². The van der Waals surface area contributed by atoms with Crippen molar-refractivity contribution >= 4 is 23.2 Å². The first-order valence-corrected chi connectivity index (χ1v) is 7.36. The average Bonchev–Trinajstić information content (AvgIpc) is 2.47. The molecule has 2 rings (SSSR count). The van der Waals surface area contributed by atoms with Crippen LogP contribution >= 0.6 is 23.2 Å². The predicted octanol–water partition coefficient (Wildman–Crippen LogP) is 4.80. The van der Waals surface area contributed by atoms with Crippen LogP contribution in [0.15, 0.2) is 18.2 Å². The van der Waals surface area contributed by atoms with E-state index in [1.165, 1.54) is 0 Å². The molecule has 1 saturated heterocycles. The zero-order valence-corrected chi connectivity index (χ0v) is 13.3. The summed E-state index contributed by atoms with van der Waals surface area (Å²) in [5.41, 5.74) is 0.342. The van der Waals surface area contributed by atoms with Crippen LogP contribution in [0.3, 0.4) is 0 Å². The molecule has 4 heteroatoms. The van der Waals surface area contributed by atoms with Gasteiger partial charge in [-0.1, -0.05) is 17.7 Å². The second-order valence-electron chi connectivity index (χ2n) is 6.13. The van der Waals surface area contributed by atoms with Gasteiger partial charge in [-0.05, 0) is 39.8 Å². The van der Waals surface area contributed by atoms with Crippen LogP contribution in [-0.4, -0.2) is 17.3 Å². The van der Waals surface area contributed by atoms with Crippen LogP contribution < -0.4 is 4.74 Å². The molecule has 1 heterocycles. The number of rotatable bonds is 3. The van der Waals surface area contributed by atoms with Gasteiger partial charge in [-0.25, -0.2) is 0 Å². The number of halogens is 2. The molecule has 1 atom stereocenters. The van der Waals surface area contributed by atoms with Gasteiger partial charge in [-0.15, -0.1) is 11.6 Å². The second kappa shape index (κ2) is 5.16. The van der Waals surface area contributed by atoms with Gasteiger partial charge in [-0.2, -0.15) is 0 Å². The van der Waals surface area contributed by atoms with Crippen LogP contribution in [0, 0.1) is 0 Å². The lowest BCUT2D eigenvalue weighted by molar-refractivity contribution is -0.0846. The fourth-order valence-corrected chi connectivity index (χ4v) is 3.20. The molecule has 0 saturated carbocycles. The Morgan fingerprint density at radius 1 is 1.32 bits per heavy atom. The summed E-state index contributed by atoms with van der Waals surface area (Å²) in [7, 11) is 0. The summed E-state index contributed by atoms with van der Waals surface area (Å²) in [4.78, 5) is 0. The fraction of sp³-hybridized carbons (Fsp3) is 0.600. The van der Waals surface area contributed by atoms with Gasteiger partial charge in [0.1, 0.15) is 17.5 Å². The Balaban J connectivity index is 2.25. The molecular weight excluding hydrogens is 283 g/mol. The zero-order valence-electron chi connectivity index (χ0n) is 11.8. The minimum Gasteiger partial charge on any atom is -0.487 e. The summed E-state index contributed by atoms with van der Waals surface area (Å²) >= 11 is 12.1. The van der Waals surface area contributed by atoms with Gasteiger partial charge in [0.05, 0.1) is 11.5 Å². The molecule has 106 valence electrons. The Morgan fingerprint density at radius 2 is 2.00 bits per heavy atom.